The van der Waals surface area contributed by atoms with Crippen LogP contribution in [0.4, 0.5) is 11.4 Å². The summed E-state index contributed by atoms with van der Waals surface area (Å²) in [6.45, 7) is 4.73. The summed E-state index contributed by atoms with van der Waals surface area (Å²) >= 11 is 0. The number of amides is 2. The molecular formula is C45H54N3O19S3-3. The van der Waals surface area contributed by atoms with Crippen molar-refractivity contribution >= 4 is 65.3 Å². The Morgan fingerprint density at radius 1 is 0.771 bits per heavy atom. The molecular weight excluding hydrogens is 983 g/mol. The van der Waals surface area contributed by atoms with Gasteiger partial charge in [-0.2, -0.15) is 0 Å². The van der Waals surface area contributed by atoms with Crippen LogP contribution in [0.3, 0.4) is 0 Å². The number of ether oxygens (including phenoxy) is 4. The highest BCUT2D eigenvalue weighted by atomic mass is 32.2. The summed E-state index contributed by atoms with van der Waals surface area (Å²) in [7, 11) is -11.7. The maximum atomic E-state index is 14.5. The summed E-state index contributed by atoms with van der Waals surface area (Å²) in [5.74, 6) is -4.16. The van der Waals surface area contributed by atoms with Crippen LogP contribution in [0.15, 0.2) is 80.9 Å². The van der Waals surface area contributed by atoms with E-state index in [1.54, 1.807) is 23.6 Å². The first kappa shape index (κ1) is 54.2. The average molecular weight is 1040 g/mol. The van der Waals surface area contributed by atoms with Crippen LogP contribution in [0.1, 0.15) is 69.9 Å². The molecule has 3 heterocycles. The van der Waals surface area contributed by atoms with Crippen molar-refractivity contribution in [3.05, 3.63) is 82.3 Å². The van der Waals surface area contributed by atoms with Crippen molar-refractivity contribution in [2.75, 3.05) is 82.5 Å². The molecule has 22 nitrogen and oxygen atoms in total. The molecule has 3 aliphatic heterocycles. The summed E-state index contributed by atoms with van der Waals surface area (Å²) in [5.41, 5.74) is -1.07. The van der Waals surface area contributed by atoms with E-state index in [1.807, 2.05) is 0 Å². The lowest BCUT2D eigenvalue weighted by atomic mass is 9.72. The van der Waals surface area contributed by atoms with Gasteiger partial charge in [0.1, 0.15) is 26.0 Å². The Balaban J connectivity index is 1.41. The van der Waals surface area contributed by atoms with Gasteiger partial charge in [-0.1, -0.05) is 6.92 Å². The molecule has 25 heteroatoms. The Kier molecular flexibility index (Phi) is 16.8. The van der Waals surface area contributed by atoms with Crippen molar-refractivity contribution in [1.82, 2.24) is 5.06 Å². The van der Waals surface area contributed by atoms with E-state index in [2.05, 4.69) is 0 Å². The highest BCUT2D eigenvalue weighted by Crippen LogP contribution is 2.53. The summed E-state index contributed by atoms with van der Waals surface area (Å²) in [4.78, 5) is 58.8. The number of rotatable bonds is 25. The van der Waals surface area contributed by atoms with Gasteiger partial charge in [-0.25, -0.2) is 30.0 Å². The molecule has 0 radical (unpaired) electrons. The SMILES string of the molecule is COCCOCCOCCN1c2ccc(S(=O)(=O)[O-])cc2C(C)(CCCS(=O)(=O)[O-])C1/C=C1\C(=O)C(/C=C2/N(CCCC(=O)ON3C(=O)CCC3=O)c3ccc(S(=O)(=O)[O-])cc3C2(C)CCOC)=C1O. The van der Waals surface area contributed by atoms with Gasteiger partial charge in [-0.05, 0) is 92.3 Å². The Hall–Kier alpha value is -5.09. The third-order valence-corrected chi connectivity index (χ3v) is 15.4. The number of anilines is 2. The van der Waals surface area contributed by atoms with Gasteiger partial charge in [0.05, 0.1) is 70.1 Å². The molecule has 1 saturated heterocycles. The molecule has 0 aromatic heterocycles. The first-order chi connectivity index (χ1) is 32.9. The van der Waals surface area contributed by atoms with E-state index in [9.17, 15) is 63.2 Å². The van der Waals surface area contributed by atoms with Crippen molar-refractivity contribution in [3.8, 4) is 0 Å². The molecule has 2 amide bonds. The average Bonchev–Trinajstić information content (AvgIpc) is 3.82. The maximum absolute atomic E-state index is 14.5. The van der Waals surface area contributed by atoms with Crippen LogP contribution < -0.4 is 9.80 Å². The Labute approximate surface area is 406 Å². The summed E-state index contributed by atoms with van der Waals surface area (Å²) in [5, 5.41) is 12.3. The third-order valence-electron chi connectivity index (χ3n) is 12.9. The number of Topliss-reactive ketones (excluding diaryl/α,β-unsaturated/α-hetero) is 1. The van der Waals surface area contributed by atoms with Gasteiger partial charge in [0, 0.05) is 86.8 Å². The zero-order valence-electron chi connectivity index (χ0n) is 38.9. The molecule has 384 valence electrons. The molecule has 1 N–H and O–H groups in total. The normalized spacial score (nSPS) is 22.7. The molecule has 6 rings (SSSR count). The number of imide groups is 1. The van der Waals surface area contributed by atoms with E-state index in [4.69, 9.17) is 23.8 Å². The summed E-state index contributed by atoms with van der Waals surface area (Å²) in [6, 6.07) is 6.49. The van der Waals surface area contributed by atoms with Gasteiger partial charge >= 0.3 is 5.97 Å². The number of aliphatic hydroxyl groups is 1. The van der Waals surface area contributed by atoms with E-state index >= 15 is 0 Å². The number of carbonyl (C=O) groups is 4. The Morgan fingerprint density at radius 2 is 1.36 bits per heavy atom. The fourth-order valence-corrected chi connectivity index (χ4v) is 10.8. The first-order valence-corrected chi connectivity index (χ1v) is 26.6. The van der Waals surface area contributed by atoms with Crippen molar-refractivity contribution in [2.45, 2.75) is 85.5 Å². The number of benzene rings is 2. The number of methoxy groups -OCH3 is 2. The fourth-order valence-electron chi connectivity index (χ4n) is 9.26. The van der Waals surface area contributed by atoms with Crippen LogP contribution in [-0.2, 0) is 84.1 Å². The van der Waals surface area contributed by atoms with Crippen LogP contribution >= 0.6 is 0 Å². The molecule has 3 atom stereocenters. The fraction of sp³-hybridized carbons (Fsp3) is 0.511. The molecule has 3 unspecified atom stereocenters. The van der Waals surface area contributed by atoms with Crippen LogP contribution in [0.25, 0.3) is 0 Å². The van der Waals surface area contributed by atoms with Crippen LogP contribution in [0.5, 0.6) is 0 Å². The predicted octanol–water partition coefficient (Wildman–Crippen LogP) is 2.35. The van der Waals surface area contributed by atoms with Crippen LogP contribution in [0, 0.1) is 0 Å². The zero-order valence-corrected chi connectivity index (χ0v) is 41.3. The number of aliphatic hydroxyl groups excluding tert-OH is 1. The second-order valence-electron chi connectivity index (χ2n) is 17.5. The molecule has 0 spiro atoms. The highest BCUT2D eigenvalue weighted by molar-refractivity contribution is 7.86. The number of fused-ring (bicyclic) bond motifs is 2. The molecule has 2 aromatic rings. The van der Waals surface area contributed by atoms with Gasteiger partial charge in [-0.3, -0.25) is 14.4 Å². The molecule has 1 fully saturated rings. The smallest absolute Gasteiger partial charge is 0.333 e. The highest BCUT2D eigenvalue weighted by Gasteiger charge is 2.49. The molecule has 70 heavy (non-hydrogen) atoms. The van der Waals surface area contributed by atoms with E-state index in [-0.39, 0.29) is 95.6 Å². The van der Waals surface area contributed by atoms with E-state index < -0.39 is 92.1 Å². The second kappa shape index (κ2) is 21.7. The molecule has 1 aliphatic carbocycles. The summed E-state index contributed by atoms with van der Waals surface area (Å²) in [6.07, 6.45) is 2.25. The number of hydrogen-bond donors (Lipinski definition) is 1. The number of hydrogen-bond acceptors (Lipinski definition) is 21. The third kappa shape index (κ3) is 11.8. The Morgan fingerprint density at radius 3 is 1.94 bits per heavy atom. The van der Waals surface area contributed by atoms with Gasteiger partial charge in [-0.15, -0.1) is 5.06 Å². The molecule has 0 saturated carbocycles. The minimum atomic E-state index is -5.00. The maximum Gasteiger partial charge on any atom is 0.333 e. The number of allylic oxidation sites excluding steroid dienone is 4. The van der Waals surface area contributed by atoms with E-state index in [0.717, 1.165) is 12.1 Å². The van der Waals surface area contributed by atoms with Gasteiger partial charge < -0.3 is 52.3 Å². The zero-order chi connectivity index (χ0) is 51.4. The lowest BCUT2D eigenvalue weighted by molar-refractivity contribution is -0.197. The number of ketones is 1. The first-order valence-electron chi connectivity index (χ1n) is 22.2. The van der Waals surface area contributed by atoms with Gasteiger partial charge in [0.25, 0.3) is 11.8 Å². The summed E-state index contributed by atoms with van der Waals surface area (Å²) < 4.78 is 131. The number of carbonyl (C=O) groups excluding carboxylic acids is 4. The quantitative estimate of drug-likeness (QED) is 0.0645. The molecule has 0 bridgehead atoms. The topological polar surface area (TPSA) is 316 Å². The second-order valence-corrected chi connectivity index (χ2v) is 21.8. The minimum Gasteiger partial charge on any atom is -0.748 e. The lowest BCUT2D eigenvalue weighted by Gasteiger charge is -2.37. The van der Waals surface area contributed by atoms with Crippen LogP contribution in [0.2, 0.25) is 0 Å². The van der Waals surface area contributed by atoms with Crippen molar-refractivity contribution in [2.24, 2.45) is 0 Å². The van der Waals surface area contributed by atoms with Gasteiger partial charge in [0.15, 0.2) is 5.78 Å². The van der Waals surface area contributed by atoms with Crippen molar-refractivity contribution in [1.29, 1.82) is 0 Å². The molecule has 2 aromatic carbocycles. The van der Waals surface area contributed by atoms with Crippen LogP contribution in [-0.4, -0.2) is 151 Å². The standard InChI is InChI=1S/C45H57N3O19S3/c1-44(14-6-24-68(54,55)56)33-25-29(69(57,58)59)9-11-36(33)47(17-19-65-22-23-66-21-20-64-4)37(44)27-31-42(52)32(43(31)53)28-38-45(2,15-18-63-3)34-26-30(70(60,61)62)8-10-35(34)46(38)16-5-7-41(51)67-48-39(49)12-13-40(48)50/h8-11,25-28,37,52H,5-7,12-24H2,1-4H3,(H,54,55,56)(H,57,58,59)(H,60,61,62)/p-3/b31-27-,38-28+. The van der Waals surface area contributed by atoms with E-state index in [1.165, 1.54) is 50.6 Å². The van der Waals surface area contributed by atoms with Crippen molar-refractivity contribution in [3.63, 3.8) is 0 Å². The number of hydroxylamine groups is 2. The predicted molar refractivity (Wildman–Crippen MR) is 243 cm³/mol. The minimum absolute atomic E-state index is 0.00193. The number of nitrogens with zero attached hydrogens (tertiary/aromatic N) is 3. The monoisotopic (exact) mass is 1040 g/mol. The van der Waals surface area contributed by atoms with E-state index in [0.29, 0.717) is 46.5 Å². The lowest BCUT2D eigenvalue weighted by Crippen LogP contribution is -2.44. The Bertz CT molecular complexity index is 2810. The largest absolute Gasteiger partial charge is 0.748 e. The van der Waals surface area contributed by atoms with Crippen molar-refractivity contribution < 1.29 is 87.0 Å². The van der Waals surface area contributed by atoms with Gasteiger partial charge in [0.2, 0.25) is 0 Å². The molecule has 4 aliphatic rings.